The van der Waals surface area contributed by atoms with Crippen molar-refractivity contribution in [3.8, 4) is 5.75 Å². The van der Waals surface area contributed by atoms with Gasteiger partial charge in [0.15, 0.2) is 0 Å². The molecule has 0 saturated carbocycles. The van der Waals surface area contributed by atoms with Gasteiger partial charge in [-0.2, -0.15) is 0 Å². The topological polar surface area (TPSA) is 39.4 Å². The van der Waals surface area contributed by atoms with E-state index in [1.807, 2.05) is 12.1 Å². The van der Waals surface area contributed by atoms with Crippen LogP contribution >= 0.6 is 0 Å². The number of fused-ring (bicyclic) bond motifs is 1. The van der Waals surface area contributed by atoms with Gasteiger partial charge in [0.1, 0.15) is 11.3 Å². The number of benzene rings is 1. The van der Waals surface area contributed by atoms with Crippen LogP contribution in [0.25, 0.3) is 11.0 Å². The van der Waals surface area contributed by atoms with Crippen molar-refractivity contribution < 1.29 is 9.15 Å². The van der Waals surface area contributed by atoms with Crippen LogP contribution in [0.3, 0.4) is 0 Å². The second kappa shape index (κ2) is 5.74. The highest BCUT2D eigenvalue weighted by Gasteiger charge is 2.15. The van der Waals surface area contributed by atoms with Gasteiger partial charge in [-0.3, -0.25) is 0 Å². The Bertz CT molecular complexity index is 653. The third-order valence-corrected chi connectivity index (χ3v) is 3.12. The first kappa shape index (κ1) is 13.4. The van der Waals surface area contributed by atoms with Crippen LogP contribution in [0.2, 0.25) is 0 Å². The molecule has 0 aliphatic carbocycles. The lowest BCUT2D eigenvalue weighted by Gasteiger charge is -2.14. The molecule has 19 heavy (non-hydrogen) atoms. The van der Waals surface area contributed by atoms with E-state index in [9.17, 15) is 4.79 Å². The molecule has 2 rings (SSSR count). The molecule has 0 radical (unpaired) electrons. The zero-order valence-corrected chi connectivity index (χ0v) is 11.5. The molecule has 0 bridgehead atoms. The third kappa shape index (κ3) is 2.70. The molecule has 0 N–H and O–H groups in total. The number of methoxy groups -OCH3 is 1. The van der Waals surface area contributed by atoms with Gasteiger partial charge >= 0.3 is 5.63 Å². The summed E-state index contributed by atoms with van der Waals surface area (Å²) in [4.78, 5) is 11.4. The van der Waals surface area contributed by atoms with Crippen molar-refractivity contribution in [1.29, 1.82) is 0 Å². The maximum atomic E-state index is 11.4. The Labute approximate surface area is 112 Å². The predicted molar refractivity (Wildman–Crippen MR) is 76.9 cm³/mol. The first-order valence-corrected chi connectivity index (χ1v) is 6.44. The van der Waals surface area contributed by atoms with E-state index in [0.29, 0.717) is 5.58 Å². The van der Waals surface area contributed by atoms with Crippen LogP contribution in [-0.2, 0) is 0 Å². The lowest BCUT2D eigenvalue weighted by molar-refractivity contribution is 0.407. The average Bonchev–Trinajstić information content (AvgIpc) is 2.43. The predicted octanol–water partition coefficient (Wildman–Crippen LogP) is 3.87. The van der Waals surface area contributed by atoms with Crippen LogP contribution < -0.4 is 10.4 Å². The van der Waals surface area contributed by atoms with Crippen molar-refractivity contribution in [2.45, 2.75) is 26.2 Å². The molecule has 0 spiro atoms. The van der Waals surface area contributed by atoms with E-state index in [1.54, 1.807) is 13.2 Å². The summed E-state index contributed by atoms with van der Waals surface area (Å²) in [7, 11) is 1.63. The average molecular weight is 258 g/mol. The molecule has 2 aromatic rings. The molecule has 1 atom stereocenters. The fourth-order valence-electron chi connectivity index (χ4n) is 2.18. The molecule has 100 valence electrons. The minimum atomic E-state index is -0.339. The molecule has 0 saturated heterocycles. The quantitative estimate of drug-likeness (QED) is 0.617. The van der Waals surface area contributed by atoms with Crippen LogP contribution in [0.1, 0.15) is 31.7 Å². The molecule has 1 unspecified atom stereocenters. The summed E-state index contributed by atoms with van der Waals surface area (Å²) in [6.45, 7) is 4.15. The molecule has 0 aliphatic heterocycles. The first-order valence-electron chi connectivity index (χ1n) is 6.44. The van der Waals surface area contributed by atoms with Crippen molar-refractivity contribution in [3.05, 3.63) is 52.4 Å². The Morgan fingerprint density at radius 1 is 1.32 bits per heavy atom. The maximum absolute atomic E-state index is 11.4. The minimum absolute atomic E-state index is 0.129. The van der Waals surface area contributed by atoms with Crippen LogP contribution in [0.4, 0.5) is 0 Å². The van der Waals surface area contributed by atoms with Crippen molar-refractivity contribution in [2.24, 2.45) is 0 Å². The Kier molecular flexibility index (Phi) is 4.05. The van der Waals surface area contributed by atoms with Crippen LogP contribution in [0, 0.1) is 0 Å². The highest BCUT2D eigenvalue weighted by atomic mass is 16.5. The first-order chi connectivity index (χ1) is 9.17. The summed E-state index contributed by atoms with van der Waals surface area (Å²) >= 11 is 0. The van der Waals surface area contributed by atoms with Crippen LogP contribution in [0.5, 0.6) is 5.75 Å². The minimum Gasteiger partial charge on any atom is -0.496 e. The highest BCUT2D eigenvalue weighted by molar-refractivity contribution is 5.83. The molecule has 0 amide bonds. The number of rotatable bonds is 4. The number of ether oxygens (including phenoxy) is 1. The van der Waals surface area contributed by atoms with E-state index < -0.39 is 0 Å². The Hall–Kier alpha value is -2.03. The highest BCUT2D eigenvalue weighted by Crippen LogP contribution is 2.34. The Morgan fingerprint density at radius 3 is 2.74 bits per heavy atom. The van der Waals surface area contributed by atoms with E-state index in [-0.39, 0.29) is 11.5 Å². The summed E-state index contributed by atoms with van der Waals surface area (Å²) in [5.41, 5.74) is 1.19. The largest absolute Gasteiger partial charge is 0.496 e. The van der Waals surface area contributed by atoms with E-state index in [0.717, 1.165) is 23.1 Å². The molecule has 1 heterocycles. The lowest BCUT2D eigenvalue weighted by Crippen LogP contribution is -2.01. The number of allylic oxidation sites excluding steroid dienone is 2. The van der Waals surface area contributed by atoms with Gasteiger partial charge in [-0.05, 0) is 24.6 Å². The maximum Gasteiger partial charge on any atom is 0.336 e. The van der Waals surface area contributed by atoms with E-state index in [2.05, 4.69) is 26.0 Å². The zero-order chi connectivity index (χ0) is 13.8. The lowest BCUT2D eigenvalue weighted by atomic mass is 9.97. The summed E-state index contributed by atoms with van der Waals surface area (Å²) in [6.07, 6.45) is 5.18. The molecular formula is C16H18O3. The number of hydrogen-bond donors (Lipinski definition) is 0. The fraction of sp³-hybridized carbons (Fsp3) is 0.312. The summed E-state index contributed by atoms with van der Waals surface area (Å²) in [5.74, 6) is 0.874. The van der Waals surface area contributed by atoms with Gasteiger partial charge in [-0.1, -0.05) is 26.0 Å². The standard InChI is InChI=1S/C16H18O3/c1-4-5-6-11(2)15-13(18-3)9-7-12-8-10-14(17)19-16(12)15/h5-11H,4H2,1-3H3. The molecule has 3 heteroatoms. The SMILES string of the molecule is CCC=CC(C)c1c(OC)ccc2ccc(=O)oc12. The van der Waals surface area contributed by atoms with E-state index >= 15 is 0 Å². The molecule has 1 aromatic heterocycles. The van der Waals surface area contributed by atoms with Gasteiger partial charge in [0.2, 0.25) is 0 Å². The third-order valence-electron chi connectivity index (χ3n) is 3.12. The monoisotopic (exact) mass is 258 g/mol. The summed E-state index contributed by atoms with van der Waals surface area (Å²) in [5, 5.41) is 0.909. The summed E-state index contributed by atoms with van der Waals surface area (Å²) in [6, 6.07) is 7.02. The Morgan fingerprint density at radius 2 is 2.05 bits per heavy atom. The van der Waals surface area contributed by atoms with Crippen molar-refractivity contribution in [1.82, 2.24) is 0 Å². The number of hydrogen-bond acceptors (Lipinski definition) is 3. The van der Waals surface area contributed by atoms with Crippen molar-refractivity contribution >= 4 is 11.0 Å². The molecule has 0 aliphatic rings. The molecule has 0 fully saturated rings. The van der Waals surface area contributed by atoms with Crippen LogP contribution in [0.15, 0.2) is 45.6 Å². The smallest absolute Gasteiger partial charge is 0.336 e. The van der Waals surface area contributed by atoms with Gasteiger partial charge in [0, 0.05) is 22.9 Å². The zero-order valence-electron chi connectivity index (χ0n) is 11.5. The summed E-state index contributed by atoms with van der Waals surface area (Å²) < 4.78 is 10.8. The van der Waals surface area contributed by atoms with Gasteiger partial charge in [0.25, 0.3) is 0 Å². The second-order valence-electron chi connectivity index (χ2n) is 4.48. The van der Waals surface area contributed by atoms with Crippen LogP contribution in [-0.4, -0.2) is 7.11 Å². The van der Waals surface area contributed by atoms with Crippen molar-refractivity contribution in [3.63, 3.8) is 0 Å². The van der Waals surface area contributed by atoms with Gasteiger partial charge < -0.3 is 9.15 Å². The van der Waals surface area contributed by atoms with Crippen molar-refractivity contribution in [2.75, 3.05) is 7.11 Å². The van der Waals surface area contributed by atoms with Gasteiger partial charge in [0.05, 0.1) is 7.11 Å². The Balaban J connectivity index is 2.69. The van der Waals surface area contributed by atoms with E-state index in [1.165, 1.54) is 6.07 Å². The van der Waals surface area contributed by atoms with Gasteiger partial charge in [-0.15, -0.1) is 0 Å². The van der Waals surface area contributed by atoms with E-state index in [4.69, 9.17) is 9.15 Å². The molecule has 3 nitrogen and oxygen atoms in total. The second-order valence-corrected chi connectivity index (χ2v) is 4.48. The fourth-order valence-corrected chi connectivity index (χ4v) is 2.18. The van der Waals surface area contributed by atoms with Gasteiger partial charge in [-0.25, -0.2) is 4.79 Å². The normalized spacial score (nSPS) is 13.0. The molecule has 1 aromatic carbocycles. The molecular weight excluding hydrogens is 240 g/mol.